The van der Waals surface area contributed by atoms with Crippen molar-refractivity contribution >= 4 is 32.5 Å². The number of hydrogen-bond donors (Lipinski definition) is 0. The standard InChI is InChI=1S/C36H27N2S.C11H8N.Ir/c1-24(2)27-20-21-34-30(22-27)31(23-39-34)36-37-32-18-9-10-19-33(32)38(36)35-28(25-12-5-3-6-13-25)16-11-17-29(35)26-14-7-4-8-15-26;1-2-6-10(7-3-1)11-8-4-5-9-12-11;/h3-22,24H,1-2H3;1-6,8-9H;/q2*-1;/i24D;;. The Morgan fingerprint density at radius 2 is 1.37 bits per heavy atom. The monoisotopic (exact) mass is 867 g/mol. The number of pyridine rings is 1. The van der Waals surface area contributed by atoms with Gasteiger partial charge in [0, 0.05) is 38.8 Å². The number of fused-ring (bicyclic) bond motifs is 2. The number of rotatable bonds is 6. The zero-order chi connectivity index (χ0) is 35.5. The van der Waals surface area contributed by atoms with Gasteiger partial charge in [-0.05, 0) is 40.9 Å². The summed E-state index contributed by atoms with van der Waals surface area (Å²) in [6.45, 7) is 3.86. The first-order valence-electron chi connectivity index (χ1n) is 17.5. The van der Waals surface area contributed by atoms with Crippen LogP contribution in [-0.2, 0) is 20.1 Å². The van der Waals surface area contributed by atoms with Gasteiger partial charge in [-0.3, -0.25) is 16.3 Å². The maximum atomic E-state index is 8.66. The molecule has 3 nitrogen and oxygen atoms in total. The Hall–Kier alpha value is -5.45. The van der Waals surface area contributed by atoms with Gasteiger partial charge in [-0.25, -0.2) is 0 Å². The SMILES string of the molecule is [2H]C(C)(C)c1ccc2s[c-]c(-c3nc4ccccc4n3-c3c(-c4ccccc4)cccc3-c3ccccc3)c2c1.[Ir].[c-]1ccccc1-c1ccccn1. The van der Waals surface area contributed by atoms with Gasteiger partial charge in [0.2, 0.25) is 0 Å². The number of hydrogen-bond acceptors (Lipinski definition) is 3. The van der Waals surface area contributed by atoms with E-state index >= 15 is 0 Å². The second-order valence-electron chi connectivity index (χ2n) is 12.5. The second kappa shape index (κ2) is 15.8. The van der Waals surface area contributed by atoms with Crippen molar-refractivity contribution < 1.29 is 21.5 Å². The van der Waals surface area contributed by atoms with Gasteiger partial charge < -0.3 is 9.55 Å². The maximum absolute atomic E-state index is 8.66. The van der Waals surface area contributed by atoms with Crippen LogP contribution in [0.15, 0.2) is 170 Å². The molecule has 3 heterocycles. The van der Waals surface area contributed by atoms with Gasteiger partial charge in [0.15, 0.2) is 0 Å². The molecule has 6 aromatic carbocycles. The minimum atomic E-state index is -0.700. The van der Waals surface area contributed by atoms with E-state index in [9.17, 15) is 0 Å². The number of nitrogens with zero attached hydrogens (tertiary/aromatic N) is 3. The molecule has 0 aliphatic heterocycles. The Morgan fingerprint density at radius 3 is 2.02 bits per heavy atom. The first-order chi connectivity index (χ1) is 25.5. The second-order valence-corrected chi connectivity index (χ2v) is 13.3. The normalized spacial score (nSPS) is 11.4. The summed E-state index contributed by atoms with van der Waals surface area (Å²) >= 11 is 1.60. The Morgan fingerprint density at radius 1 is 0.692 bits per heavy atom. The first kappa shape index (κ1) is 33.7. The van der Waals surface area contributed by atoms with E-state index in [1.54, 1.807) is 17.5 Å². The van der Waals surface area contributed by atoms with E-state index in [4.69, 9.17) is 6.35 Å². The van der Waals surface area contributed by atoms with Crippen LogP contribution in [0.25, 0.3) is 71.7 Å². The summed E-state index contributed by atoms with van der Waals surface area (Å²) in [5, 5.41) is 4.68. The van der Waals surface area contributed by atoms with Crippen molar-refractivity contribution in [2.45, 2.75) is 19.7 Å². The molecule has 255 valence electrons. The van der Waals surface area contributed by atoms with Crippen LogP contribution in [0.5, 0.6) is 0 Å². The number of aromatic nitrogens is 3. The average molecular weight is 867 g/mol. The van der Waals surface area contributed by atoms with Crippen molar-refractivity contribution in [3.05, 3.63) is 187 Å². The molecular weight excluding hydrogens is 831 g/mol. The van der Waals surface area contributed by atoms with E-state index in [0.717, 1.165) is 77.3 Å². The van der Waals surface area contributed by atoms with Gasteiger partial charge in [-0.1, -0.05) is 150 Å². The van der Waals surface area contributed by atoms with Crippen molar-refractivity contribution in [1.29, 1.82) is 0 Å². The molecular formula is C47H35IrN3S-2. The van der Waals surface area contributed by atoms with Gasteiger partial charge in [-0.15, -0.1) is 47.3 Å². The van der Waals surface area contributed by atoms with Crippen LogP contribution in [-0.4, -0.2) is 14.5 Å². The molecule has 0 saturated heterocycles. The van der Waals surface area contributed by atoms with E-state index in [0.29, 0.717) is 0 Å². The Labute approximate surface area is 324 Å². The van der Waals surface area contributed by atoms with E-state index < -0.39 is 5.89 Å². The molecule has 0 amide bonds. The van der Waals surface area contributed by atoms with E-state index in [-0.39, 0.29) is 20.1 Å². The first-order valence-corrected chi connectivity index (χ1v) is 17.8. The summed E-state index contributed by atoms with van der Waals surface area (Å²) < 4.78 is 12.1. The van der Waals surface area contributed by atoms with Gasteiger partial charge in [0.25, 0.3) is 0 Å². The molecule has 0 atom stereocenters. The average Bonchev–Trinajstić information content (AvgIpc) is 3.80. The summed E-state index contributed by atoms with van der Waals surface area (Å²) in [5.41, 5.74) is 11.6. The van der Waals surface area contributed by atoms with Crippen molar-refractivity contribution in [3.63, 3.8) is 0 Å². The van der Waals surface area contributed by atoms with Crippen LogP contribution in [0.1, 0.15) is 26.7 Å². The zero-order valence-corrected chi connectivity index (χ0v) is 32.0. The molecule has 0 fully saturated rings. The molecule has 3 aromatic heterocycles. The molecule has 52 heavy (non-hydrogen) atoms. The Kier molecular flexibility index (Phi) is 10.3. The van der Waals surface area contributed by atoms with Crippen LogP contribution in [0.3, 0.4) is 0 Å². The fourth-order valence-electron chi connectivity index (χ4n) is 6.43. The van der Waals surface area contributed by atoms with Crippen LogP contribution < -0.4 is 0 Å². The predicted molar refractivity (Wildman–Crippen MR) is 214 cm³/mol. The molecule has 9 aromatic rings. The van der Waals surface area contributed by atoms with Crippen LogP contribution in [0.4, 0.5) is 0 Å². The topological polar surface area (TPSA) is 30.7 Å². The van der Waals surface area contributed by atoms with E-state index in [2.05, 4.69) is 136 Å². The third kappa shape index (κ3) is 7.04. The van der Waals surface area contributed by atoms with Crippen molar-refractivity contribution in [3.8, 4) is 50.6 Å². The minimum Gasteiger partial charge on any atom is -0.332 e. The molecule has 0 aliphatic rings. The largest absolute Gasteiger partial charge is 0.332 e. The van der Waals surface area contributed by atoms with Crippen LogP contribution in [0.2, 0.25) is 0 Å². The third-order valence-corrected chi connectivity index (χ3v) is 9.83. The van der Waals surface area contributed by atoms with Gasteiger partial charge >= 0.3 is 0 Å². The summed E-state index contributed by atoms with van der Waals surface area (Å²) in [4.78, 5) is 9.45. The maximum Gasteiger partial charge on any atom is 0.0774 e. The van der Waals surface area contributed by atoms with Crippen LogP contribution in [0, 0.1) is 11.4 Å². The van der Waals surface area contributed by atoms with Gasteiger partial charge in [0.05, 0.1) is 22.5 Å². The molecule has 0 unspecified atom stereocenters. The predicted octanol–water partition coefficient (Wildman–Crippen LogP) is 12.7. The fraction of sp³-hybridized carbons (Fsp3) is 0.0638. The Balaban J connectivity index is 0.000000284. The summed E-state index contributed by atoms with van der Waals surface area (Å²) in [6.07, 6.45) is 1.79. The smallest absolute Gasteiger partial charge is 0.0774 e. The number of benzene rings is 6. The van der Waals surface area contributed by atoms with Crippen molar-refractivity contribution in [1.82, 2.24) is 14.5 Å². The van der Waals surface area contributed by atoms with Crippen molar-refractivity contribution in [2.24, 2.45) is 0 Å². The van der Waals surface area contributed by atoms with Crippen molar-refractivity contribution in [2.75, 3.05) is 0 Å². The fourth-order valence-corrected chi connectivity index (χ4v) is 7.25. The Bertz CT molecular complexity index is 2500. The molecule has 0 spiro atoms. The summed E-state index contributed by atoms with van der Waals surface area (Å²) in [6, 6.07) is 59.2. The number of thiophene rings is 1. The quantitative estimate of drug-likeness (QED) is 0.156. The third-order valence-electron chi connectivity index (χ3n) is 8.95. The van der Waals surface area contributed by atoms with Crippen LogP contribution >= 0.6 is 11.3 Å². The molecule has 0 N–H and O–H groups in total. The zero-order valence-electron chi connectivity index (χ0n) is 29.7. The molecule has 1 radical (unpaired) electrons. The van der Waals surface area contributed by atoms with E-state index in [1.165, 1.54) is 0 Å². The summed E-state index contributed by atoms with van der Waals surface area (Å²) in [5.74, 6) is 0.154. The molecule has 0 saturated carbocycles. The minimum absolute atomic E-state index is 0. The van der Waals surface area contributed by atoms with Gasteiger partial charge in [-0.2, -0.15) is 0 Å². The molecule has 0 bridgehead atoms. The number of para-hydroxylation sites is 3. The van der Waals surface area contributed by atoms with E-state index in [1.807, 2.05) is 62.4 Å². The molecule has 0 aliphatic carbocycles. The van der Waals surface area contributed by atoms with Gasteiger partial charge in [0.1, 0.15) is 0 Å². The summed E-state index contributed by atoms with van der Waals surface area (Å²) in [7, 11) is 0. The number of imidazole rings is 1. The molecule has 9 rings (SSSR count). The molecule has 5 heteroatoms.